The number of carbonyl (C=O) groups excluding carboxylic acids is 1. The molecule has 0 aliphatic rings. The van der Waals surface area contributed by atoms with E-state index in [9.17, 15) is 4.79 Å². The number of hydrazine groups is 1. The predicted octanol–water partition coefficient (Wildman–Crippen LogP) is -0.187. The Morgan fingerprint density at radius 1 is 1.56 bits per heavy atom. The Balaban J connectivity index is 2.28. The van der Waals surface area contributed by atoms with E-state index in [0.29, 0.717) is 0 Å². The minimum Gasteiger partial charge on any atom is -0.345 e. The number of hydrogen-bond acceptors (Lipinski definition) is 4. The van der Waals surface area contributed by atoms with Gasteiger partial charge in [0.05, 0.1) is 17.4 Å². The highest BCUT2D eigenvalue weighted by atomic mass is 16.2. The number of hydrogen-bond donors (Lipinski definition) is 4. The van der Waals surface area contributed by atoms with Gasteiger partial charge in [-0.2, -0.15) is 0 Å². The quantitative estimate of drug-likeness (QED) is 0.538. The van der Waals surface area contributed by atoms with Crippen LogP contribution in [0.2, 0.25) is 0 Å². The summed E-state index contributed by atoms with van der Waals surface area (Å²) in [6.07, 6.45) is 1.60. The minimum atomic E-state index is -0.694. The number of nitrogens with two attached hydrogens (primary N) is 1. The maximum atomic E-state index is 11.5. The summed E-state index contributed by atoms with van der Waals surface area (Å²) in [6.45, 7) is 0. The van der Waals surface area contributed by atoms with Crippen LogP contribution in [0.1, 0.15) is 11.6 Å². The van der Waals surface area contributed by atoms with Crippen molar-refractivity contribution in [2.75, 3.05) is 7.05 Å². The van der Waals surface area contributed by atoms with Crippen molar-refractivity contribution in [3.63, 3.8) is 0 Å². The molecule has 84 valence electrons. The van der Waals surface area contributed by atoms with Gasteiger partial charge in [0.15, 0.2) is 0 Å². The molecule has 0 aliphatic heterocycles. The normalized spacial score (nSPS) is 12.6. The van der Waals surface area contributed by atoms with Crippen molar-refractivity contribution in [3.8, 4) is 0 Å². The van der Waals surface area contributed by atoms with Crippen LogP contribution in [0.3, 0.4) is 0 Å². The second kappa shape index (κ2) is 4.30. The van der Waals surface area contributed by atoms with Crippen LogP contribution < -0.4 is 16.6 Å². The molecule has 1 atom stereocenters. The number of carbonyl (C=O) groups is 1. The van der Waals surface area contributed by atoms with Crippen LogP contribution in [-0.2, 0) is 4.79 Å². The van der Waals surface area contributed by atoms with E-state index in [1.807, 2.05) is 12.1 Å². The van der Waals surface area contributed by atoms with Gasteiger partial charge in [0.2, 0.25) is 0 Å². The molecule has 0 saturated carbocycles. The topological polar surface area (TPSA) is 95.8 Å². The van der Waals surface area contributed by atoms with E-state index in [-0.39, 0.29) is 5.91 Å². The molecule has 2 aromatic rings. The summed E-state index contributed by atoms with van der Waals surface area (Å²) >= 11 is 0. The molecule has 1 unspecified atom stereocenters. The van der Waals surface area contributed by atoms with Gasteiger partial charge in [-0.15, -0.1) is 0 Å². The first-order chi connectivity index (χ1) is 7.72. The third-order valence-corrected chi connectivity index (χ3v) is 2.33. The number of aromatic amines is 1. The van der Waals surface area contributed by atoms with Gasteiger partial charge < -0.3 is 10.7 Å². The highest BCUT2D eigenvalue weighted by Gasteiger charge is 2.15. The lowest BCUT2D eigenvalue weighted by atomic mass is 10.1. The molecule has 0 fully saturated rings. The summed E-state index contributed by atoms with van der Waals surface area (Å²) in [5, 5.41) is 0. The van der Waals surface area contributed by atoms with Gasteiger partial charge in [-0.1, -0.05) is 6.07 Å². The first kappa shape index (κ1) is 10.6. The Kier molecular flexibility index (Phi) is 2.84. The molecule has 1 aromatic heterocycles. The SMILES string of the molecule is CNNC(=O)C(N)c1ccc2nc[nH]c2c1. The Hall–Kier alpha value is -1.92. The summed E-state index contributed by atoms with van der Waals surface area (Å²) in [7, 11) is 1.61. The number of nitrogens with zero attached hydrogens (tertiary/aromatic N) is 1. The Labute approximate surface area is 92.2 Å². The van der Waals surface area contributed by atoms with Crippen molar-refractivity contribution in [1.29, 1.82) is 0 Å². The van der Waals surface area contributed by atoms with Crippen molar-refractivity contribution < 1.29 is 4.79 Å². The number of aromatic nitrogens is 2. The van der Waals surface area contributed by atoms with Crippen molar-refractivity contribution in [2.45, 2.75) is 6.04 Å². The van der Waals surface area contributed by atoms with Crippen molar-refractivity contribution in [3.05, 3.63) is 30.1 Å². The molecule has 2 rings (SSSR count). The number of benzene rings is 1. The summed E-state index contributed by atoms with van der Waals surface area (Å²) in [4.78, 5) is 18.6. The fraction of sp³-hybridized carbons (Fsp3) is 0.200. The average Bonchev–Trinajstić information content (AvgIpc) is 2.75. The van der Waals surface area contributed by atoms with Crippen LogP contribution in [-0.4, -0.2) is 22.9 Å². The summed E-state index contributed by atoms with van der Waals surface area (Å²) in [5.74, 6) is -0.277. The van der Waals surface area contributed by atoms with Crippen LogP contribution in [0.25, 0.3) is 11.0 Å². The van der Waals surface area contributed by atoms with E-state index in [0.717, 1.165) is 16.6 Å². The minimum absolute atomic E-state index is 0.277. The Bertz CT molecular complexity index is 507. The maximum absolute atomic E-state index is 11.5. The first-order valence-electron chi connectivity index (χ1n) is 4.87. The number of imidazole rings is 1. The standard InChI is InChI=1S/C10H13N5O/c1-12-15-10(16)9(11)6-2-3-7-8(4-6)14-5-13-7/h2-5,9,12H,11H2,1H3,(H,13,14)(H,15,16). The molecule has 0 spiro atoms. The second-order valence-electron chi connectivity index (χ2n) is 3.40. The smallest absolute Gasteiger partial charge is 0.255 e. The molecule has 1 amide bonds. The molecule has 16 heavy (non-hydrogen) atoms. The zero-order chi connectivity index (χ0) is 11.5. The van der Waals surface area contributed by atoms with Crippen LogP contribution in [0, 0.1) is 0 Å². The second-order valence-corrected chi connectivity index (χ2v) is 3.40. The molecule has 1 heterocycles. The van der Waals surface area contributed by atoms with Crippen molar-refractivity contribution >= 4 is 16.9 Å². The zero-order valence-corrected chi connectivity index (χ0v) is 8.82. The number of fused-ring (bicyclic) bond motifs is 1. The zero-order valence-electron chi connectivity index (χ0n) is 8.82. The van der Waals surface area contributed by atoms with E-state index in [4.69, 9.17) is 5.73 Å². The molecule has 5 N–H and O–H groups in total. The third-order valence-electron chi connectivity index (χ3n) is 2.33. The Morgan fingerprint density at radius 3 is 3.12 bits per heavy atom. The van der Waals surface area contributed by atoms with E-state index < -0.39 is 6.04 Å². The van der Waals surface area contributed by atoms with Crippen LogP contribution in [0.5, 0.6) is 0 Å². The summed E-state index contributed by atoms with van der Waals surface area (Å²) in [6, 6.07) is 4.75. The number of rotatable bonds is 3. The van der Waals surface area contributed by atoms with Gasteiger partial charge >= 0.3 is 0 Å². The molecule has 6 nitrogen and oxygen atoms in total. The molecule has 0 aliphatic carbocycles. The predicted molar refractivity (Wildman–Crippen MR) is 60.2 cm³/mol. The molecule has 1 aromatic carbocycles. The molecule has 0 bridgehead atoms. The van der Waals surface area contributed by atoms with E-state index >= 15 is 0 Å². The van der Waals surface area contributed by atoms with Crippen LogP contribution in [0.4, 0.5) is 0 Å². The van der Waals surface area contributed by atoms with E-state index in [1.54, 1.807) is 19.4 Å². The molecule has 6 heteroatoms. The summed E-state index contributed by atoms with van der Waals surface area (Å²) < 4.78 is 0. The fourth-order valence-electron chi connectivity index (χ4n) is 1.50. The molecule has 0 radical (unpaired) electrons. The number of nitrogens with one attached hydrogen (secondary N) is 3. The number of amides is 1. The van der Waals surface area contributed by atoms with Gasteiger partial charge in [0, 0.05) is 7.05 Å². The lowest BCUT2D eigenvalue weighted by Crippen LogP contribution is -2.40. The van der Waals surface area contributed by atoms with E-state index in [2.05, 4.69) is 20.8 Å². The maximum Gasteiger partial charge on any atom is 0.255 e. The van der Waals surface area contributed by atoms with Gasteiger partial charge in [0.25, 0.3) is 5.91 Å². The van der Waals surface area contributed by atoms with Gasteiger partial charge in [-0.25, -0.2) is 10.4 Å². The fourth-order valence-corrected chi connectivity index (χ4v) is 1.50. The first-order valence-corrected chi connectivity index (χ1v) is 4.87. The van der Waals surface area contributed by atoms with Crippen LogP contribution >= 0.6 is 0 Å². The highest BCUT2D eigenvalue weighted by molar-refractivity contribution is 5.84. The van der Waals surface area contributed by atoms with Gasteiger partial charge in [-0.3, -0.25) is 10.2 Å². The highest BCUT2D eigenvalue weighted by Crippen LogP contribution is 2.16. The van der Waals surface area contributed by atoms with Crippen molar-refractivity contribution in [1.82, 2.24) is 20.8 Å². The molecular weight excluding hydrogens is 206 g/mol. The van der Waals surface area contributed by atoms with Crippen molar-refractivity contribution in [2.24, 2.45) is 5.73 Å². The van der Waals surface area contributed by atoms with Crippen LogP contribution in [0.15, 0.2) is 24.5 Å². The monoisotopic (exact) mass is 219 g/mol. The third kappa shape index (κ3) is 1.88. The van der Waals surface area contributed by atoms with Gasteiger partial charge in [0.1, 0.15) is 6.04 Å². The number of H-pyrrole nitrogens is 1. The Morgan fingerprint density at radius 2 is 2.38 bits per heavy atom. The molecule has 0 saturated heterocycles. The lowest BCUT2D eigenvalue weighted by molar-refractivity contribution is -0.123. The average molecular weight is 219 g/mol. The largest absolute Gasteiger partial charge is 0.345 e. The van der Waals surface area contributed by atoms with E-state index in [1.165, 1.54) is 0 Å². The summed E-state index contributed by atoms with van der Waals surface area (Å²) in [5.41, 5.74) is 13.3. The van der Waals surface area contributed by atoms with Gasteiger partial charge in [-0.05, 0) is 17.7 Å². The lowest BCUT2D eigenvalue weighted by Gasteiger charge is -2.11. The molecular formula is C10H13N5O.